The molecule has 0 aliphatic heterocycles. The molecule has 0 fully saturated rings. The van der Waals surface area contributed by atoms with E-state index >= 15 is 0 Å². The van der Waals surface area contributed by atoms with Gasteiger partial charge in [-0.2, -0.15) is 9.61 Å². The topological polar surface area (TPSA) is 82.0 Å². The van der Waals surface area contributed by atoms with Gasteiger partial charge in [0.1, 0.15) is 10.8 Å². The maximum absolute atomic E-state index is 13.4. The van der Waals surface area contributed by atoms with E-state index in [4.69, 9.17) is 10.7 Å². The molecule has 2 aromatic carbocycles. The van der Waals surface area contributed by atoms with Crippen LogP contribution in [-0.2, 0) is 6.42 Å². The number of nitrogens with two attached hydrogens (primary N) is 1. The highest BCUT2D eigenvalue weighted by Crippen LogP contribution is 2.34. The Balaban J connectivity index is 1.61. The molecule has 31 heavy (non-hydrogen) atoms. The molecular weight excluding hydrogens is 411 g/mol. The highest BCUT2D eigenvalue weighted by molar-refractivity contribution is 7.13. The van der Waals surface area contributed by atoms with Gasteiger partial charge < -0.3 is 5.73 Å². The highest BCUT2D eigenvalue weighted by atomic mass is 32.1. The van der Waals surface area contributed by atoms with Crippen LogP contribution in [0.25, 0.3) is 38.7 Å². The Kier molecular flexibility index (Phi) is 4.71. The van der Waals surface area contributed by atoms with Gasteiger partial charge in [-0.1, -0.05) is 48.9 Å². The molecule has 5 rings (SSSR count). The van der Waals surface area contributed by atoms with E-state index < -0.39 is 0 Å². The lowest BCUT2D eigenvalue weighted by Gasteiger charge is -2.04. The fraction of sp³-hybridized carbons (Fsp3) is 0.130. The van der Waals surface area contributed by atoms with Crippen LogP contribution >= 0.6 is 11.3 Å². The number of hydrogen-bond donors (Lipinski definition) is 1. The van der Waals surface area contributed by atoms with E-state index in [-0.39, 0.29) is 5.82 Å². The molecule has 3 aromatic heterocycles. The molecule has 2 N–H and O–H groups in total. The molecule has 0 aliphatic rings. The van der Waals surface area contributed by atoms with E-state index in [1.54, 1.807) is 16.6 Å². The van der Waals surface area contributed by atoms with Crippen LogP contribution in [0, 0.1) is 12.7 Å². The van der Waals surface area contributed by atoms with Gasteiger partial charge in [0.05, 0.1) is 17.0 Å². The minimum atomic E-state index is -0.292. The first-order chi connectivity index (χ1) is 15.0. The first-order valence-corrected chi connectivity index (χ1v) is 10.8. The van der Waals surface area contributed by atoms with Crippen LogP contribution in [0.1, 0.15) is 18.2 Å². The van der Waals surface area contributed by atoms with Crippen LogP contribution in [-0.4, -0.2) is 24.8 Å². The van der Waals surface area contributed by atoms with E-state index in [1.807, 2.05) is 24.4 Å². The van der Waals surface area contributed by atoms with Gasteiger partial charge in [0, 0.05) is 10.9 Å². The van der Waals surface area contributed by atoms with Crippen LogP contribution in [0.2, 0.25) is 0 Å². The van der Waals surface area contributed by atoms with Gasteiger partial charge in [0.15, 0.2) is 17.2 Å². The molecule has 0 saturated carbocycles. The molecule has 0 spiro atoms. The Morgan fingerprint density at radius 1 is 1.00 bits per heavy atom. The summed E-state index contributed by atoms with van der Waals surface area (Å²) in [6.07, 6.45) is 0.680. The van der Waals surface area contributed by atoms with Crippen molar-refractivity contribution < 1.29 is 4.39 Å². The van der Waals surface area contributed by atoms with Gasteiger partial charge >= 0.3 is 0 Å². The average Bonchev–Trinajstić information content (AvgIpc) is 3.41. The highest BCUT2D eigenvalue weighted by Gasteiger charge is 2.21. The molecule has 0 bridgehead atoms. The van der Waals surface area contributed by atoms with Gasteiger partial charge in [-0.3, -0.25) is 0 Å². The zero-order valence-electron chi connectivity index (χ0n) is 17.0. The first-order valence-electron chi connectivity index (χ1n) is 9.87. The fourth-order valence-electron chi connectivity index (χ4n) is 3.51. The summed E-state index contributed by atoms with van der Waals surface area (Å²) < 4.78 is 15.0. The number of benzene rings is 2. The van der Waals surface area contributed by atoms with E-state index in [0.29, 0.717) is 28.6 Å². The molecule has 0 unspecified atom stereocenters. The Bertz CT molecular complexity index is 1390. The van der Waals surface area contributed by atoms with E-state index in [9.17, 15) is 4.39 Å². The standard InChI is InChI=1S/C23H19FN6S/c1-3-17-19(15-8-10-16(24)11-9-15)22-28-27-20(21(25)30(22)29-17)23-26-18(12-31-23)14-6-4-13(2)5-7-14/h4-12H,3,25H2,1-2H3. The number of rotatable bonds is 4. The monoisotopic (exact) mass is 430 g/mol. The van der Waals surface area contributed by atoms with Crippen LogP contribution in [0.4, 0.5) is 10.2 Å². The summed E-state index contributed by atoms with van der Waals surface area (Å²) in [5.41, 5.74) is 13.1. The lowest BCUT2D eigenvalue weighted by molar-refractivity contribution is 0.628. The molecule has 0 atom stereocenters. The fourth-order valence-corrected chi connectivity index (χ4v) is 4.33. The van der Waals surface area contributed by atoms with Crippen molar-refractivity contribution in [3.63, 3.8) is 0 Å². The molecule has 0 radical (unpaired) electrons. The lowest BCUT2D eigenvalue weighted by atomic mass is 10.0. The number of aryl methyl sites for hydroxylation is 2. The number of nitrogen functional groups attached to an aromatic ring is 1. The maximum atomic E-state index is 13.4. The Labute approximate surface area is 182 Å². The summed E-state index contributed by atoms with van der Waals surface area (Å²) in [7, 11) is 0. The van der Waals surface area contributed by atoms with Crippen molar-refractivity contribution in [1.29, 1.82) is 0 Å². The van der Waals surface area contributed by atoms with Gasteiger partial charge in [-0.05, 0) is 31.0 Å². The Morgan fingerprint density at radius 3 is 2.42 bits per heavy atom. The number of halogens is 1. The molecule has 6 nitrogen and oxygen atoms in total. The molecule has 5 aromatic rings. The van der Waals surface area contributed by atoms with Crippen LogP contribution in [0.15, 0.2) is 53.9 Å². The number of fused-ring (bicyclic) bond motifs is 1. The van der Waals surface area contributed by atoms with E-state index in [1.165, 1.54) is 29.0 Å². The van der Waals surface area contributed by atoms with Crippen molar-refractivity contribution in [3.8, 4) is 33.1 Å². The third-order valence-corrected chi connectivity index (χ3v) is 6.02. The minimum Gasteiger partial charge on any atom is -0.382 e. The second-order valence-corrected chi connectivity index (χ2v) is 8.11. The van der Waals surface area contributed by atoms with E-state index in [2.05, 4.69) is 34.4 Å². The molecular formula is C23H19FN6S. The molecule has 3 heterocycles. The largest absolute Gasteiger partial charge is 0.382 e. The van der Waals surface area contributed by atoms with Gasteiger partial charge in [-0.15, -0.1) is 21.5 Å². The van der Waals surface area contributed by atoms with Crippen molar-refractivity contribution in [3.05, 3.63) is 71.0 Å². The number of hydrogen-bond acceptors (Lipinski definition) is 6. The van der Waals surface area contributed by atoms with Crippen molar-refractivity contribution in [2.45, 2.75) is 20.3 Å². The molecule has 0 saturated heterocycles. The number of aromatic nitrogens is 5. The zero-order chi connectivity index (χ0) is 21.5. The van der Waals surface area contributed by atoms with Crippen LogP contribution in [0.3, 0.4) is 0 Å². The number of thiazole rings is 1. The Morgan fingerprint density at radius 2 is 1.71 bits per heavy atom. The molecule has 154 valence electrons. The normalized spacial score (nSPS) is 11.3. The van der Waals surface area contributed by atoms with Crippen molar-refractivity contribution in [2.24, 2.45) is 0 Å². The second-order valence-electron chi connectivity index (χ2n) is 7.26. The zero-order valence-corrected chi connectivity index (χ0v) is 17.8. The predicted octanol–water partition coefficient (Wildman–Crippen LogP) is 5.17. The van der Waals surface area contributed by atoms with Crippen LogP contribution < -0.4 is 5.73 Å². The summed E-state index contributed by atoms with van der Waals surface area (Å²) in [5.74, 6) is 0.0807. The molecule has 0 aliphatic carbocycles. The average molecular weight is 431 g/mol. The summed E-state index contributed by atoms with van der Waals surface area (Å²) in [5, 5.41) is 16.1. The van der Waals surface area contributed by atoms with Gasteiger partial charge in [-0.25, -0.2) is 9.37 Å². The number of anilines is 1. The SMILES string of the molecule is CCc1nn2c(N)c(-c3nc(-c4ccc(C)cc4)cs3)nnc2c1-c1ccc(F)cc1. The molecule has 8 heteroatoms. The molecule has 0 amide bonds. The second kappa shape index (κ2) is 7.55. The first kappa shape index (κ1) is 19.3. The smallest absolute Gasteiger partial charge is 0.187 e. The third kappa shape index (κ3) is 3.34. The van der Waals surface area contributed by atoms with Crippen molar-refractivity contribution in [2.75, 3.05) is 5.73 Å². The van der Waals surface area contributed by atoms with Gasteiger partial charge in [0.25, 0.3) is 0 Å². The summed E-state index contributed by atoms with van der Waals surface area (Å²) >= 11 is 1.46. The van der Waals surface area contributed by atoms with Crippen LogP contribution in [0.5, 0.6) is 0 Å². The van der Waals surface area contributed by atoms with Gasteiger partial charge in [0.2, 0.25) is 0 Å². The summed E-state index contributed by atoms with van der Waals surface area (Å²) in [6.45, 7) is 4.06. The predicted molar refractivity (Wildman–Crippen MR) is 121 cm³/mol. The minimum absolute atomic E-state index is 0.292. The lowest BCUT2D eigenvalue weighted by Crippen LogP contribution is -2.05. The number of nitrogens with zero attached hydrogens (tertiary/aromatic N) is 5. The summed E-state index contributed by atoms with van der Waals surface area (Å²) in [4.78, 5) is 4.72. The van der Waals surface area contributed by atoms with Crippen molar-refractivity contribution >= 4 is 22.8 Å². The van der Waals surface area contributed by atoms with Crippen molar-refractivity contribution in [1.82, 2.24) is 24.8 Å². The Hall–Kier alpha value is -3.65. The van der Waals surface area contributed by atoms with E-state index in [0.717, 1.165) is 28.1 Å². The quantitative estimate of drug-likeness (QED) is 0.425. The maximum Gasteiger partial charge on any atom is 0.187 e. The summed E-state index contributed by atoms with van der Waals surface area (Å²) in [6, 6.07) is 14.5. The third-order valence-electron chi connectivity index (χ3n) is 5.17.